The number of hydrogen-bond donors (Lipinski definition) is 0. The van der Waals surface area contributed by atoms with Gasteiger partial charge in [0.05, 0.1) is 11.8 Å². The highest BCUT2D eigenvalue weighted by molar-refractivity contribution is 6.11. The van der Waals surface area contributed by atoms with Crippen molar-refractivity contribution in [3.8, 4) is 0 Å². The minimum atomic E-state index is 0.144. The number of rotatable bonds is 0. The summed E-state index contributed by atoms with van der Waals surface area (Å²) in [6.45, 7) is 5.79. The summed E-state index contributed by atoms with van der Waals surface area (Å²) in [6.07, 6.45) is 2.65. The first-order chi connectivity index (χ1) is 8.50. The molecule has 0 saturated heterocycles. The van der Waals surface area contributed by atoms with Crippen molar-refractivity contribution >= 4 is 17.1 Å². The Morgan fingerprint density at radius 2 is 1.89 bits per heavy atom. The van der Waals surface area contributed by atoms with Crippen LogP contribution in [0.1, 0.15) is 48.4 Å². The lowest BCUT2D eigenvalue weighted by Crippen LogP contribution is -2.12. The molecule has 0 fully saturated rings. The van der Waals surface area contributed by atoms with Gasteiger partial charge in [-0.1, -0.05) is 6.92 Å². The molecule has 2 aliphatic rings. The van der Waals surface area contributed by atoms with Gasteiger partial charge in [0.25, 0.3) is 0 Å². The molecule has 18 heavy (non-hydrogen) atoms. The lowest BCUT2D eigenvalue weighted by molar-refractivity contribution is -0.115. The van der Waals surface area contributed by atoms with Crippen molar-refractivity contribution in [3.63, 3.8) is 0 Å². The minimum absolute atomic E-state index is 0.144. The van der Waals surface area contributed by atoms with Crippen molar-refractivity contribution in [2.75, 3.05) is 0 Å². The standard InChI is InChI=1S/C15H16O3/c1-7-4-12(17)13-8(2)6-18-15(13)14-9(3)11(16)5-10(7)14/h6-7,10H,4-5H2,1-3H3/t7-,10+/m1/s1. The van der Waals surface area contributed by atoms with Crippen LogP contribution in [-0.2, 0) is 4.79 Å². The summed E-state index contributed by atoms with van der Waals surface area (Å²) < 4.78 is 5.59. The fourth-order valence-electron chi connectivity index (χ4n) is 3.23. The van der Waals surface area contributed by atoms with Crippen LogP contribution in [0.5, 0.6) is 0 Å². The number of ketones is 2. The molecule has 3 rings (SSSR count). The second kappa shape index (κ2) is 3.67. The number of hydrogen-bond acceptors (Lipinski definition) is 3. The molecule has 0 amide bonds. The van der Waals surface area contributed by atoms with E-state index in [1.807, 2.05) is 13.8 Å². The summed E-state index contributed by atoms with van der Waals surface area (Å²) in [5, 5.41) is 0. The highest BCUT2D eigenvalue weighted by Crippen LogP contribution is 2.46. The second-order valence-electron chi connectivity index (χ2n) is 5.50. The SMILES string of the molecule is CC1=C2c3occ(C)c3C(=O)C[C@@H](C)[C@@H]2CC1=O. The molecule has 1 aromatic heterocycles. The molecule has 1 aromatic rings. The summed E-state index contributed by atoms with van der Waals surface area (Å²) in [6, 6.07) is 0. The summed E-state index contributed by atoms with van der Waals surface area (Å²) >= 11 is 0. The van der Waals surface area contributed by atoms with E-state index in [2.05, 4.69) is 6.92 Å². The van der Waals surface area contributed by atoms with Crippen molar-refractivity contribution in [3.05, 3.63) is 28.7 Å². The zero-order valence-corrected chi connectivity index (χ0v) is 10.9. The molecular weight excluding hydrogens is 228 g/mol. The van der Waals surface area contributed by atoms with Crippen LogP contribution in [0, 0.1) is 18.8 Å². The smallest absolute Gasteiger partial charge is 0.167 e. The molecule has 0 saturated carbocycles. The Hall–Kier alpha value is -1.64. The van der Waals surface area contributed by atoms with Crippen molar-refractivity contribution in [1.29, 1.82) is 0 Å². The van der Waals surface area contributed by atoms with E-state index in [4.69, 9.17) is 4.42 Å². The van der Waals surface area contributed by atoms with E-state index in [0.29, 0.717) is 24.2 Å². The molecule has 0 radical (unpaired) electrons. The van der Waals surface area contributed by atoms with Gasteiger partial charge in [-0.05, 0) is 36.8 Å². The van der Waals surface area contributed by atoms with Gasteiger partial charge in [0, 0.05) is 18.4 Å². The molecule has 1 heterocycles. The number of carbonyl (C=O) groups excluding carboxylic acids is 2. The lowest BCUT2D eigenvalue weighted by atomic mass is 9.86. The van der Waals surface area contributed by atoms with E-state index in [1.165, 1.54) is 0 Å². The average molecular weight is 244 g/mol. The van der Waals surface area contributed by atoms with Crippen molar-refractivity contribution in [1.82, 2.24) is 0 Å². The molecule has 0 unspecified atom stereocenters. The lowest BCUT2D eigenvalue weighted by Gasteiger charge is -2.17. The number of allylic oxidation sites excluding steroid dienone is 2. The van der Waals surface area contributed by atoms with Crippen LogP contribution < -0.4 is 0 Å². The Bertz CT molecular complexity index is 589. The van der Waals surface area contributed by atoms with Crippen molar-refractivity contribution in [2.45, 2.75) is 33.6 Å². The predicted molar refractivity (Wildman–Crippen MR) is 67.3 cm³/mol. The third kappa shape index (κ3) is 1.36. The third-order valence-electron chi connectivity index (χ3n) is 4.29. The molecule has 2 atom stereocenters. The van der Waals surface area contributed by atoms with Gasteiger partial charge in [0.1, 0.15) is 5.76 Å². The first kappa shape index (κ1) is 11.5. The van der Waals surface area contributed by atoms with Crippen LogP contribution >= 0.6 is 0 Å². The van der Waals surface area contributed by atoms with E-state index in [-0.39, 0.29) is 23.4 Å². The second-order valence-corrected chi connectivity index (χ2v) is 5.50. The summed E-state index contributed by atoms with van der Waals surface area (Å²) in [7, 11) is 0. The molecule has 0 aliphatic heterocycles. The summed E-state index contributed by atoms with van der Waals surface area (Å²) in [5.74, 6) is 1.33. The van der Waals surface area contributed by atoms with Gasteiger partial charge in [-0.15, -0.1) is 0 Å². The largest absolute Gasteiger partial charge is 0.464 e. The monoisotopic (exact) mass is 244 g/mol. The first-order valence-corrected chi connectivity index (χ1v) is 6.36. The maximum atomic E-state index is 12.2. The molecule has 0 bridgehead atoms. The highest BCUT2D eigenvalue weighted by Gasteiger charge is 2.41. The average Bonchev–Trinajstić information content (AvgIpc) is 2.78. The zero-order chi connectivity index (χ0) is 13.0. The minimum Gasteiger partial charge on any atom is -0.464 e. The maximum absolute atomic E-state index is 12.2. The number of fused-ring (bicyclic) bond motifs is 3. The van der Waals surface area contributed by atoms with Crippen molar-refractivity contribution < 1.29 is 14.0 Å². The zero-order valence-electron chi connectivity index (χ0n) is 10.9. The Kier molecular flexibility index (Phi) is 2.34. The number of aryl methyl sites for hydroxylation is 1. The van der Waals surface area contributed by atoms with Gasteiger partial charge in [0.15, 0.2) is 11.6 Å². The van der Waals surface area contributed by atoms with Gasteiger partial charge in [-0.3, -0.25) is 9.59 Å². The van der Waals surface area contributed by atoms with Crippen LogP contribution in [0.3, 0.4) is 0 Å². The highest BCUT2D eigenvalue weighted by atomic mass is 16.3. The molecule has 3 heteroatoms. The fraction of sp³-hybridized carbons (Fsp3) is 0.467. The van der Waals surface area contributed by atoms with Crippen LogP contribution in [-0.4, -0.2) is 11.6 Å². The van der Waals surface area contributed by atoms with Crippen LogP contribution in [0.25, 0.3) is 5.57 Å². The Morgan fingerprint density at radius 1 is 1.17 bits per heavy atom. The van der Waals surface area contributed by atoms with Crippen LogP contribution in [0.4, 0.5) is 0 Å². The van der Waals surface area contributed by atoms with Crippen LogP contribution in [0.2, 0.25) is 0 Å². The fourth-order valence-corrected chi connectivity index (χ4v) is 3.23. The summed E-state index contributed by atoms with van der Waals surface area (Å²) in [5.41, 5.74) is 3.31. The third-order valence-corrected chi connectivity index (χ3v) is 4.29. The Balaban J connectivity index is 2.29. The Morgan fingerprint density at radius 3 is 2.61 bits per heavy atom. The molecule has 0 N–H and O–H groups in total. The number of furan rings is 1. The topological polar surface area (TPSA) is 47.3 Å². The molecular formula is C15H16O3. The van der Waals surface area contributed by atoms with Gasteiger partial charge in [-0.25, -0.2) is 0 Å². The van der Waals surface area contributed by atoms with Gasteiger partial charge in [0.2, 0.25) is 0 Å². The molecule has 0 spiro atoms. The summed E-state index contributed by atoms with van der Waals surface area (Å²) in [4.78, 5) is 24.2. The van der Waals surface area contributed by atoms with Gasteiger partial charge < -0.3 is 4.42 Å². The molecule has 94 valence electrons. The van der Waals surface area contributed by atoms with E-state index in [0.717, 1.165) is 16.7 Å². The Labute approximate surface area is 106 Å². The maximum Gasteiger partial charge on any atom is 0.167 e. The molecule has 3 nitrogen and oxygen atoms in total. The van der Waals surface area contributed by atoms with E-state index in [9.17, 15) is 9.59 Å². The van der Waals surface area contributed by atoms with Gasteiger partial charge in [-0.2, -0.15) is 0 Å². The van der Waals surface area contributed by atoms with E-state index >= 15 is 0 Å². The first-order valence-electron chi connectivity index (χ1n) is 6.36. The van der Waals surface area contributed by atoms with E-state index < -0.39 is 0 Å². The van der Waals surface area contributed by atoms with E-state index in [1.54, 1.807) is 6.26 Å². The normalized spacial score (nSPS) is 27.3. The van der Waals surface area contributed by atoms with Crippen molar-refractivity contribution in [2.24, 2.45) is 11.8 Å². The number of carbonyl (C=O) groups is 2. The van der Waals surface area contributed by atoms with Gasteiger partial charge >= 0.3 is 0 Å². The van der Waals surface area contributed by atoms with Crippen LogP contribution in [0.15, 0.2) is 16.3 Å². The predicted octanol–water partition coefficient (Wildman–Crippen LogP) is 3.17. The quantitative estimate of drug-likeness (QED) is 0.704. The number of Topliss-reactive ketones (excluding diaryl/α,β-unsaturated/α-hetero) is 2. The molecule has 2 aliphatic carbocycles. The molecule has 0 aromatic carbocycles.